The molecule has 15 heteroatoms. The monoisotopic (exact) mass is 505 g/mol. The van der Waals surface area contributed by atoms with Crippen LogP contribution in [0.3, 0.4) is 0 Å². The Morgan fingerprint density at radius 2 is 2.00 bits per heavy atom. The summed E-state index contributed by atoms with van der Waals surface area (Å²) in [5.41, 5.74) is 0.0655. The normalized spacial score (nSPS) is 21.0. The van der Waals surface area contributed by atoms with Crippen LogP contribution in [0.5, 0.6) is 0 Å². The summed E-state index contributed by atoms with van der Waals surface area (Å²) in [7, 11) is 0. The molecule has 3 N–H and O–H groups in total. The Morgan fingerprint density at radius 1 is 1.34 bits per heavy atom. The lowest BCUT2D eigenvalue weighted by Crippen LogP contribution is -2.71. The Hall–Kier alpha value is -1.47. The highest BCUT2D eigenvalue weighted by atomic mass is 35.6. The van der Waals surface area contributed by atoms with E-state index in [0.29, 0.717) is 5.57 Å². The second-order valence-corrected chi connectivity index (χ2v) is 9.74. The summed E-state index contributed by atoms with van der Waals surface area (Å²) < 4.78 is 7.71. The first-order chi connectivity index (χ1) is 13.4. The summed E-state index contributed by atoms with van der Waals surface area (Å²) in [4.78, 5) is 47.7. The molecule has 1 saturated heterocycles. The Morgan fingerprint density at radius 3 is 2.55 bits per heavy atom. The Bertz CT molecular complexity index is 787. The van der Waals surface area contributed by atoms with E-state index in [9.17, 15) is 24.3 Å². The Kier molecular flexibility index (Phi) is 7.85. The number of carboxylic acid groups (broad SMARTS) is 1. The third-order valence-electron chi connectivity index (χ3n) is 3.57. The zero-order valence-corrected chi connectivity index (χ0v) is 18.5. The van der Waals surface area contributed by atoms with Crippen LogP contribution in [-0.4, -0.2) is 73.2 Å². The van der Waals surface area contributed by atoms with E-state index < -0.39 is 45.8 Å². The van der Waals surface area contributed by atoms with E-state index in [1.807, 2.05) is 0 Å². The number of β-lactam (4-membered cyclic amide) rings is 1. The standard InChI is InChI=1S/C14H14Cl3N3O7S2/c1-5(21)26-2-6-3-29-10-7(9(22)20(10)8(6)11(23)24)18-12(28)19-13(25)27-4-14(15,16)17/h7,10H,2-4H2,1H3,(H,23,24)(H2,18,19,25,28)/t7?,10-/m1/s1. The molecule has 0 aromatic rings. The number of ether oxygens (including phenoxy) is 2. The number of thiocarbonyl (C=S) groups is 1. The third-order valence-corrected chi connectivity index (χ3v) is 5.46. The molecule has 1 unspecified atom stereocenters. The fourth-order valence-electron chi connectivity index (χ4n) is 2.44. The van der Waals surface area contributed by atoms with Crippen molar-refractivity contribution in [3.05, 3.63) is 11.3 Å². The van der Waals surface area contributed by atoms with Gasteiger partial charge in [0.1, 0.15) is 30.3 Å². The van der Waals surface area contributed by atoms with Crippen LogP contribution < -0.4 is 10.6 Å². The molecule has 2 heterocycles. The van der Waals surface area contributed by atoms with Gasteiger partial charge in [0, 0.05) is 18.2 Å². The largest absolute Gasteiger partial charge is 0.477 e. The summed E-state index contributed by atoms with van der Waals surface area (Å²) in [5, 5.41) is 13.5. The zero-order chi connectivity index (χ0) is 21.9. The maximum Gasteiger partial charge on any atom is 0.413 e. The van der Waals surface area contributed by atoms with Gasteiger partial charge in [-0.25, -0.2) is 9.59 Å². The quantitative estimate of drug-likeness (QED) is 0.216. The number of thioether (sulfide) groups is 1. The van der Waals surface area contributed by atoms with Gasteiger partial charge in [-0.3, -0.25) is 19.8 Å². The second kappa shape index (κ2) is 9.56. The van der Waals surface area contributed by atoms with Crippen LogP contribution in [0.2, 0.25) is 0 Å². The number of fused-ring (bicyclic) bond motifs is 1. The van der Waals surface area contributed by atoms with Gasteiger partial charge in [0.25, 0.3) is 5.91 Å². The number of carboxylic acids is 1. The van der Waals surface area contributed by atoms with Crippen molar-refractivity contribution in [3.63, 3.8) is 0 Å². The minimum atomic E-state index is -1.79. The predicted octanol–water partition coefficient (Wildman–Crippen LogP) is 1.14. The fraction of sp³-hybridized carbons (Fsp3) is 0.500. The van der Waals surface area contributed by atoms with Crippen molar-refractivity contribution in [3.8, 4) is 0 Å². The number of hydrogen-bond acceptors (Lipinski definition) is 8. The van der Waals surface area contributed by atoms with Crippen molar-refractivity contribution in [2.75, 3.05) is 19.0 Å². The molecule has 29 heavy (non-hydrogen) atoms. The van der Waals surface area contributed by atoms with Crippen LogP contribution in [0.4, 0.5) is 4.79 Å². The summed E-state index contributed by atoms with van der Waals surface area (Å²) in [6, 6.07) is -0.870. The van der Waals surface area contributed by atoms with Gasteiger partial charge in [-0.05, 0) is 12.2 Å². The van der Waals surface area contributed by atoms with Gasteiger partial charge in [-0.1, -0.05) is 34.8 Å². The highest BCUT2D eigenvalue weighted by Crippen LogP contribution is 2.40. The molecule has 2 atom stereocenters. The van der Waals surface area contributed by atoms with E-state index in [1.54, 1.807) is 0 Å². The van der Waals surface area contributed by atoms with Crippen LogP contribution in [0, 0.1) is 0 Å². The topological polar surface area (TPSA) is 134 Å². The Balaban J connectivity index is 1.98. The van der Waals surface area contributed by atoms with Gasteiger partial charge in [0.15, 0.2) is 5.11 Å². The third kappa shape index (κ3) is 6.25. The number of alkyl halides is 3. The van der Waals surface area contributed by atoms with Crippen molar-refractivity contribution in [2.45, 2.75) is 22.1 Å². The summed E-state index contributed by atoms with van der Waals surface area (Å²) in [5.74, 6) is -2.23. The van der Waals surface area contributed by atoms with Crippen LogP contribution in [-0.2, 0) is 23.9 Å². The minimum absolute atomic E-state index is 0.218. The molecule has 2 rings (SSSR count). The molecule has 2 aliphatic rings. The van der Waals surface area contributed by atoms with Gasteiger partial charge in [0.05, 0.1) is 0 Å². The van der Waals surface area contributed by atoms with Crippen LogP contribution in [0.15, 0.2) is 11.3 Å². The van der Waals surface area contributed by atoms with E-state index in [2.05, 4.69) is 15.4 Å². The number of carbonyl (C=O) groups excluding carboxylic acids is 3. The number of aliphatic carboxylic acids is 1. The number of nitrogens with zero attached hydrogens (tertiary/aromatic N) is 1. The van der Waals surface area contributed by atoms with Gasteiger partial charge in [-0.2, -0.15) is 0 Å². The van der Waals surface area contributed by atoms with Crippen molar-refractivity contribution in [1.82, 2.24) is 15.5 Å². The first-order valence-corrected chi connectivity index (χ1v) is 10.3. The number of amides is 2. The number of alkyl carbamates (subject to hydrolysis) is 1. The fourth-order valence-corrected chi connectivity index (χ4v) is 4.14. The molecule has 0 aromatic carbocycles. The van der Waals surface area contributed by atoms with Crippen molar-refractivity contribution in [2.24, 2.45) is 0 Å². The van der Waals surface area contributed by atoms with E-state index in [0.717, 1.165) is 4.90 Å². The molecule has 0 spiro atoms. The minimum Gasteiger partial charge on any atom is -0.477 e. The van der Waals surface area contributed by atoms with E-state index in [-0.39, 0.29) is 23.2 Å². The molecule has 2 aliphatic heterocycles. The summed E-state index contributed by atoms with van der Waals surface area (Å²) in [6.07, 6.45) is -0.997. The molecule has 160 valence electrons. The molecule has 1 fully saturated rings. The highest BCUT2D eigenvalue weighted by Gasteiger charge is 2.54. The number of nitrogens with one attached hydrogen (secondary N) is 2. The summed E-state index contributed by atoms with van der Waals surface area (Å²) >= 11 is 22.6. The molecular formula is C14H14Cl3N3O7S2. The maximum atomic E-state index is 12.5. The van der Waals surface area contributed by atoms with Crippen molar-refractivity contribution >= 4 is 87.8 Å². The average molecular weight is 507 g/mol. The molecule has 0 bridgehead atoms. The van der Waals surface area contributed by atoms with Crippen molar-refractivity contribution in [1.29, 1.82) is 0 Å². The molecule has 10 nitrogen and oxygen atoms in total. The number of rotatable bonds is 5. The molecule has 0 saturated carbocycles. The second-order valence-electron chi connectivity index (χ2n) is 5.71. The number of hydrogen-bond donors (Lipinski definition) is 3. The van der Waals surface area contributed by atoms with Crippen molar-refractivity contribution < 1.29 is 33.8 Å². The number of halogens is 3. The van der Waals surface area contributed by atoms with Gasteiger partial charge >= 0.3 is 18.0 Å². The van der Waals surface area contributed by atoms with Gasteiger partial charge in [-0.15, -0.1) is 11.8 Å². The molecule has 0 aromatic heterocycles. The Labute approximate surface area is 189 Å². The molecule has 2 amide bonds. The van der Waals surface area contributed by atoms with E-state index >= 15 is 0 Å². The first-order valence-electron chi connectivity index (χ1n) is 7.75. The van der Waals surface area contributed by atoms with Gasteiger partial charge < -0.3 is 19.9 Å². The molecule has 0 radical (unpaired) electrons. The first kappa shape index (κ1) is 23.8. The average Bonchev–Trinajstić information content (AvgIpc) is 2.61. The number of carbonyl (C=O) groups is 4. The molecular weight excluding hydrogens is 493 g/mol. The van der Waals surface area contributed by atoms with Gasteiger partial charge in [0.2, 0.25) is 3.79 Å². The highest BCUT2D eigenvalue weighted by molar-refractivity contribution is 8.00. The zero-order valence-electron chi connectivity index (χ0n) is 14.6. The van der Waals surface area contributed by atoms with E-state index in [1.165, 1.54) is 18.7 Å². The lowest BCUT2D eigenvalue weighted by Gasteiger charge is -2.49. The summed E-state index contributed by atoms with van der Waals surface area (Å²) in [6.45, 7) is 0.451. The molecule has 0 aliphatic carbocycles. The SMILES string of the molecule is CC(=O)OCC1=C(C(=O)O)N2C(=O)C(NC(=S)NC(=O)OCC(Cl)(Cl)Cl)[C@H]2SC1. The predicted molar refractivity (Wildman–Crippen MR) is 109 cm³/mol. The van der Waals surface area contributed by atoms with Crippen LogP contribution in [0.25, 0.3) is 0 Å². The smallest absolute Gasteiger partial charge is 0.413 e. The lowest BCUT2D eigenvalue weighted by molar-refractivity contribution is -0.148. The van der Waals surface area contributed by atoms with E-state index in [4.69, 9.17) is 51.8 Å². The van der Waals surface area contributed by atoms with Crippen LogP contribution in [0.1, 0.15) is 6.92 Å². The number of esters is 1. The lowest BCUT2D eigenvalue weighted by atomic mass is 10.0. The maximum absolute atomic E-state index is 12.5. The van der Waals surface area contributed by atoms with Crippen LogP contribution >= 0.6 is 58.8 Å².